The first-order chi connectivity index (χ1) is 8.58. The van der Waals surface area contributed by atoms with Gasteiger partial charge in [-0.25, -0.2) is 0 Å². The molecule has 1 aromatic carbocycles. The molecule has 100 valence electrons. The Balaban J connectivity index is 2.63. The van der Waals surface area contributed by atoms with E-state index in [1.165, 1.54) is 0 Å². The quantitative estimate of drug-likeness (QED) is 0.841. The van der Waals surface area contributed by atoms with Crippen molar-refractivity contribution in [2.75, 3.05) is 0 Å². The highest BCUT2D eigenvalue weighted by Gasteiger charge is 2.17. The van der Waals surface area contributed by atoms with Gasteiger partial charge >= 0.3 is 0 Å². The van der Waals surface area contributed by atoms with Gasteiger partial charge in [0.05, 0.1) is 0 Å². The molecular weight excluding hydrogens is 226 g/mol. The average molecular weight is 249 g/mol. The van der Waals surface area contributed by atoms with Crippen LogP contribution >= 0.6 is 0 Å². The number of para-hydroxylation sites is 1. The second-order valence-electron chi connectivity index (χ2n) is 4.54. The van der Waals surface area contributed by atoms with E-state index in [1.54, 1.807) is 6.92 Å². The number of aryl methyl sites for hydroxylation is 1. The number of hydrogen-bond donors (Lipinski definition) is 1. The number of amides is 1. The van der Waals surface area contributed by atoms with Crippen LogP contribution in [0.25, 0.3) is 0 Å². The molecule has 1 aromatic rings. The number of carbonyl (C=O) groups is 1. The molecule has 0 aliphatic carbocycles. The van der Waals surface area contributed by atoms with E-state index in [9.17, 15) is 4.79 Å². The molecule has 0 aromatic heterocycles. The minimum absolute atomic E-state index is 0.0599. The molecule has 0 fully saturated rings. The molecule has 0 saturated carbocycles. The van der Waals surface area contributed by atoms with Crippen LogP contribution in [0.4, 0.5) is 0 Å². The fourth-order valence-corrected chi connectivity index (χ4v) is 1.62. The summed E-state index contributed by atoms with van der Waals surface area (Å²) in [5.41, 5.74) is 1.13. The van der Waals surface area contributed by atoms with Crippen LogP contribution in [-0.2, 0) is 11.2 Å². The van der Waals surface area contributed by atoms with Crippen LogP contribution in [0.3, 0.4) is 0 Å². The zero-order valence-electron chi connectivity index (χ0n) is 11.7. The van der Waals surface area contributed by atoms with Gasteiger partial charge in [-0.05, 0) is 38.3 Å². The molecule has 0 bridgehead atoms. The largest absolute Gasteiger partial charge is 0.481 e. The maximum atomic E-state index is 11.9. The minimum atomic E-state index is -0.466. The highest BCUT2D eigenvalue weighted by Crippen LogP contribution is 2.19. The predicted molar refractivity (Wildman–Crippen MR) is 73.8 cm³/mol. The number of benzene rings is 1. The van der Waals surface area contributed by atoms with Crippen molar-refractivity contribution in [3.63, 3.8) is 0 Å². The summed E-state index contributed by atoms with van der Waals surface area (Å²) >= 11 is 0. The summed E-state index contributed by atoms with van der Waals surface area (Å²) in [5, 5.41) is 2.92. The molecule has 0 radical (unpaired) electrons. The standard InChI is InChI=1S/C15H23NO2/c1-5-11(3)16-15(17)12(4)18-14-10-8-7-9-13(14)6-2/h7-12H,5-6H2,1-4H3,(H,16,17)/t11-,12-/m0/s1. The first-order valence-corrected chi connectivity index (χ1v) is 6.63. The molecule has 1 N–H and O–H groups in total. The lowest BCUT2D eigenvalue weighted by molar-refractivity contribution is -0.127. The number of ether oxygens (including phenoxy) is 1. The highest BCUT2D eigenvalue weighted by molar-refractivity contribution is 5.81. The van der Waals surface area contributed by atoms with Crippen LogP contribution in [0, 0.1) is 0 Å². The summed E-state index contributed by atoms with van der Waals surface area (Å²) in [6.07, 6.45) is 1.35. The molecular formula is C15H23NO2. The fraction of sp³-hybridized carbons (Fsp3) is 0.533. The molecule has 2 atom stereocenters. The smallest absolute Gasteiger partial charge is 0.260 e. The van der Waals surface area contributed by atoms with Gasteiger partial charge in [0.2, 0.25) is 0 Å². The normalized spacial score (nSPS) is 13.8. The maximum Gasteiger partial charge on any atom is 0.260 e. The Hall–Kier alpha value is -1.51. The summed E-state index contributed by atoms with van der Waals surface area (Å²) in [6.45, 7) is 7.89. The molecule has 0 aliphatic heterocycles. The van der Waals surface area contributed by atoms with Gasteiger partial charge in [-0.1, -0.05) is 32.0 Å². The lowest BCUT2D eigenvalue weighted by Gasteiger charge is -2.19. The van der Waals surface area contributed by atoms with Crippen molar-refractivity contribution in [3.05, 3.63) is 29.8 Å². The summed E-state index contributed by atoms with van der Waals surface area (Å²) in [6, 6.07) is 8.02. The van der Waals surface area contributed by atoms with E-state index < -0.39 is 6.10 Å². The van der Waals surface area contributed by atoms with Gasteiger partial charge in [0, 0.05) is 6.04 Å². The van der Waals surface area contributed by atoms with E-state index in [-0.39, 0.29) is 11.9 Å². The average Bonchev–Trinajstić information content (AvgIpc) is 2.39. The van der Waals surface area contributed by atoms with E-state index in [2.05, 4.69) is 12.2 Å². The topological polar surface area (TPSA) is 38.3 Å². The summed E-state index contributed by atoms with van der Waals surface area (Å²) in [7, 11) is 0. The van der Waals surface area contributed by atoms with Crippen molar-refractivity contribution >= 4 is 5.91 Å². The Morgan fingerprint density at radius 2 is 1.94 bits per heavy atom. The minimum Gasteiger partial charge on any atom is -0.481 e. The van der Waals surface area contributed by atoms with E-state index in [0.29, 0.717) is 0 Å². The summed E-state index contributed by atoms with van der Waals surface area (Å²) in [5.74, 6) is 0.738. The molecule has 1 rings (SSSR count). The lowest BCUT2D eigenvalue weighted by atomic mass is 10.1. The zero-order valence-corrected chi connectivity index (χ0v) is 11.7. The third kappa shape index (κ3) is 4.06. The van der Waals surface area contributed by atoms with E-state index >= 15 is 0 Å². The Kier molecular flexibility index (Phi) is 5.69. The van der Waals surface area contributed by atoms with Crippen LogP contribution < -0.4 is 10.1 Å². The van der Waals surface area contributed by atoms with E-state index in [0.717, 1.165) is 24.2 Å². The molecule has 18 heavy (non-hydrogen) atoms. The second-order valence-corrected chi connectivity index (χ2v) is 4.54. The fourth-order valence-electron chi connectivity index (χ4n) is 1.62. The van der Waals surface area contributed by atoms with Crippen LogP contribution in [0.5, 0.6) is 5.75 Å². The van der Waals surface area contributed by atoms with Crippen LogP contribution in [0.2, 0.25) is 0 Å². The first kappa shape index (κ1) is 14.6. The van der Waals surface area contributed by atoms with Gasteiger partial charge in [-0.15, -0.1) is 0 Å². The van der Waals surface area contributed by atoms with Gasteiger partial charge < -0.3 is 10.1 Å². The predicted octanol–water partition coefficient (Wildman–Crippen LogP) is 2.93. The van der Waals surface area contributed by atoms with Crippen molar-refractivity contribution in [2.45, 2.75) is 52.7 Å². The number of nitrogens with one attached hydrogen (secondary N) is 1. The van der Waals surface area contributed by atoms with Gasteiger partial charge in [0.1, 0.15) is 5.75 Å². The monoisotopic (exact) mass is 249 g/mol. The molecule has 1 amide bonds. The van der Waals surface area contributed by atoms with Gasteiger partial charge in [0.25, 0.3) is 5.91 Å². The van der Waals surface area contributed by atoms with Gasteiger partial charge in [-0.2, -0.15) is 0 Å². The maximum absolute atomic E-state index is 11.9. The number of hydrogen-bond acceptors (Lipinski definition) is 2. The summed E-state index contributed by atoms with van der Waals surface area (Å²) in [4.78, 5) is 11.9. The third-order valence-corrected chi connectivity index (χ3v) is 3.03. The Bertz CT molecular complexity index is 390. The molecule has 3 heteroatoms. The SMILES string of the molecule is CCc1ccccc1O[C@@H](C)C(=O)N[C@@H](C)CC. The first-order valence-electron chi connectivity index (χ1n) is 6.63. The molecule has 0 aliphatic rings. The van der Waals surface area contributed by atoms with Crippen LogP contribution in [0.15, 0.2) is 24.3 Å². The van der Waals surface area contributed by atoms with Crippen molar-refractivity contribution < 1.29 is 9.53 Å². The van der Waals surface area contributed by atoms with Crippen LogP contribution in [0.1, 0.15) is 39.7 Å². The number of carbonyl (C=O) groups excluding carboxylic acids is 1. The lowest BCUT2D eigenvalue weighted by Crippen LogP contribution is -2.41. The Labute approximate surface area is 110 Å². The molecule has 0 unspecified atom stereocenters. The summed E-state index contributed by atoms with van der Waals surface area (Å²) < 4.78 is 5.73. The Morgan fingerprint density at radius 1 is 1.28 bits per heavy atom. The second kappa shape index (κ2) is 7.04. The molecule has 0 saturated heterocycles. The van der Waals surface area contributed by atoms with Gasteiger partial charge in [-0.3, -0.25) is 4.79 Å². The van der Waals surface area contributed by atoms with Gasteiger partial charge in [0.15, 0.2) is 6.10 Å². The van der Waals surface area contributed by atoms with Crippen molar-refractivity contribution in [3.8, 4) is 5.75 Å². The number of rotatable bonds is 6. The zero-order chi connectivity index (χ0) is 13.5. The van der Waals surface area contributed by atoms with Crippen LogP contribution in [-0.4, -0.2) is 18.1 Å². The van der Waals surface area contributed by atoms with E-state index in [1.807, 2.05) is 38.1 Å². The molecule has 0 heterocycles. The third-order valence-electron chi connectivity index (χ3n) is 3.03. The van der Waals surface area contributed by atoms with E-state index in [4.69, 9.17) is 4.74 Å². The molecule has 0 spiro atoms. The van der Waals surface area contributed by atoms with Crippen molar-refractivity contribution in [1.29, 1.82) is 0 Å². The molecule has 3 nitrogen and oxygen atoms in total. The van der Waals surface area contributed by atoms with Crippen molar-refractivity contribution in [1.82, 2.24) is 5.32 Å². The Morgan fingerprint density at radius 3 is 2.56 bits per heavy atom. The highest BCUT2D eigenvalue weighted by atomic mass is 16.5. The van der Waals surface area contributed by atoms with Crippen molar-refractivity contribution in [2.24, 2.45) is 0 Å².